The topological polar surface area (TPSA) is 0 Å². The summed E-state index contributed by atoms with van der Waals surface area (Å²) < 4.78 is 0.261. The minimum absolute atomic E-state index is 0.261. The van der Waals surface area contributed by atoms with E-state index in [4.69, 9.17) is 0 Å². The highest BCUT2D eigenvalue weighted by atomic mass is 32.2. The minimum atomic E-state index is 0.261. The summed E-state index contributed by atoms with van der Waals surface area (Å²) >= 11 is 6.08. The van der Waals surface area contributed by atoms with Gasteiger partial charge in [0.1, 0.15) is 0 Å². The van der Waals surface area contributed by atoms with E-state index in [1.807, 2.05) is 13.8 Å². The first kappa shape index (κ1) is 10.2. The predicted octanol–water partition coefficient (Wildman–Crippen LogP) is 3.13. The van der Waals surface area contributed by atoms with Gasteiger partial charge in [-0.05, 0) is 13.8 Å². The lowest BCUT2D eigenvalue weighted by atomic mass is 10.4. The molecule has 0 aromatic rings. The van der Waals surface area contributed by atoms with E-state index in [0.717, 1.165) is 11.3 Å². The maximum atomic E-state index is 4.32. The molecule has 0 bridgehead atoms. The van der Waals surface area contributed by atoms with Gasteiger partial charge in [-0.15, -0.1) is 11.8 Å². The van der Waals surface area contributed by atoms with Gasteiger partial charge < -0.3 is 0 Å². The highest BCUT2D eigenvalue weighted by Crippen LogP contribution is 2.22. The van der Waals surface area contributed by atoms with Crippen molar-refractivity contribution in [3.8, 4) is 0 Å². The third kappa shape index (κ3) is 5.00. The molecule has 0 saturated heterocycles. The molecule has 0 aliphatic heterocycles. The van der Waals surface area contributed by atoms with Crippen LogP contribution in [0, 0.1) is 0 Å². The van der Waals surface area contributed by atoms with E-state index >= 15 is 0 Å². The number of hydrogen-bond acceptors (Lipinski definition) is 2. The zero-order valence-corrected chi connectivity index (χ0v) is 8.27. The zero-order chi connectivity index (χ0) is 8.15. The number of rotatable bonds is 4. The van der Waals surface area contributed by atoms with Crippen molar-refractivity contribution >= 4 is 24.4 Å². The maximum absolute atomic E-state index is 4.32. The van der Waals surface area contributed by atoms with Crippen LogP contribution in [0.3, 0.4) is 0 Å². The van der Waals surface area contributed by atoms with Crippen LogP contribution in [0.25, 0.3) is 0 Å². The van der Waals surface area contributed by atoms with Gasteiger partial charge in [-0.25, -0.2) is 0 Å². The van der Waals surface area contributed by atoms with Gasteiger partial charge in [0, 0.05) is 5.75 Å². The summed E-state index contributed by atoms with van der Waals surface area (Å²) in [4.78, 5) is 0. The smallest absolute Gasteiger partial charge is 0.0679 e. The van der Waals surface area contributed by atoms with Crippen LogP contribution in [0.1, 0.15) is 13.8 Å². The van der Waals surface area contributed by atoms with Crippen LogP contribution in [-0.2, 0) is 0 Å². The van der Waals surface area contributed by atoms with E-state index in [9.17, 15) is 0 Å². The molecule has 0 aromatic carbocycles. The second-order valence-corrected chi connectivity index (χ2v) is 4.43. The van der Waals surface area contributed by atoms with Gasteiger partial charge in [-0.1, -0.05) is 24.3 Å². The fraction of sp³-hybridized carbons (Fsp3) is 0.500. The number of thioether (sulfide) groups is 1. The van der Waals surface area contributed by atoms with Crippen molar-refractivity contribution in [1.82, 2.24) is 0 Å². The number of thiol groups is 1. The molecule has 0 N–H and O–H groups in total. The predicted molar refractivity (Wildman–Crippen MR) is 54.9 cm³/mol. The highest BCUT2D eigenvalue weighted by Gasteiger charge is 2.02. The first-order valence-corrected chi connectivity index (χ1v) is 4.70. The summed E-state index contributed by atoms with van der Waals surface area (Å²) in [5, 5.41) is 0. The van der Waals surface area contributed by atoms with Crippen LogP contribution in [0.4, 0.5) is 0 Å². The Morgan fingerprint density at radius 2 is 2.00 bits per heavy atom. The van der Waals surface area contributed by atoms with Gasteiger partial charge in [-0.2, -0.15) is 12.6 Å². The Hall–Kier alpha value is 0.180. The molecule has 0 nitrogen and oxygen atoms in total. The van der Waals surface area contributed by atoms with Crippen molar-refractivity contribution in [2.45, 2.75) is 18.4 Å². The largest absolute Gasteiger partial charge is 0.160 e. The number of hydrogen-bond donors (Lipinski definition) is 1. The normalized spacial score (nSPS) is 12.7. The Labute approximate surface area is 73.2 Å². The average molecular weight is 174 g/mol. The van der Waals surface area contributed by atoms with Gasteiger partial charge in [0.15, 0.2) is 0 Å². The molecule has 0 spiro atoms. The first-order chi connectivity index (χ1) is 4.54. The molecule has 1 unspecified atom stereocenters. The van der Waals surface area contributed by atoms with Gasteiger partial charge in [-0.3, -0.25) is 0 Å². The fourth-order valence-corrected chi connectivity index (χ4v) is 1.31. The highest BCUT2D eigenvalue weighted by molar-refractivity contribution is 8.10. The quantitative estimate of drug-likeness (QED) is 0.388. The van der Waals surface area contributed by atoms with Gasteiger partial charge in [0.2, 0.25) is 0 Å². The summed E-state index contributed by atoms with van der Waals surface area (Å²) in [5.41, 5.74) is 2.29. The molecule has 2 heteroatoms. The molecule has 0 saturated carbocycles. The summed E-state index contributed by atoms with van der Waals surface area (Å²) in [6.45, 7) is 11.6. The van der Waals surface area contributed by atoms with E-state index in [-0.39, 0.29) is 4.58 Å². The van der Waals surface area contributed by atoms with Crippen LogP contribution in [-0.4, -0.2) is 10.3 Å². The summed E-state index contributed by atoms with van der Waals surface area (Å²) in [7, 11) is 0. The zero-order valence-electron chi connectivity index (χ0n) is 6.55. The van der Waals surface area contributed by atoms with E-state index in [1.165, 1.54) is 5.57 Å². The molecular weight excluding hydrogens is 160 g/mol. The molecule has 0 radical (unpaired) electrons. The van der Waals surface area contributed by atoms with Crippen molar-refractivity contribution in [3.05, 3.63) is 24.3 Å². The molecule has 58 valence electrons. The third-order valence-corrected chi connectivity index (χ3v) is 3.17. The fourth-order valence-electron chi connectivity index (χ4n) is 0.363. The van der Waals surface area contributed by atoms with Gasteiger partial charge in [0.05, 0.1) is 4.58 Å². The molecule has 0 aromatic heterocycles. The SMILES string of the molecule is C=C(C)CSC(S)C(=C)C. The molecule has 0 rings (SSSR count). The van der Waals surface area contributed by atoms with Crippen LogP contribution in [0.2, 0.25) is 0 Å². The molecular formula is C8H14S2. The molecule has 0 heterocycles. The Morgan fingerprint density at radius 3 is 2.30 bits per heavy atom. The van der Waals surface area contributed by atoms with Crippen LogP contribution < -0.4 is 0 Å². The molecule has 10 heavy (non-hydrogen) atoms. The van der Waals surface area contributed by atoms with Crippen molar-refractivity contribution < 1.29 is 0 Å². The Morgan fingerprint density at radius 1 is 1.50 bits per heavy atom. The van der Waals surface area contributed by atoms with E-state index < -0.39 is 0 Å². The molecule has 1 atom stereocenters. The van der Waals surface area contributed by atoms with Crippen molar-refractivity contribution in [1.29, 1.82) is 0 Å². The third-order valence-electron chi connectivity index (χ3n) is 0.909. The molecule has 0 aliphatic carbocycles. The second-order valence-electron chi connectivity index (χ2n) is 2.47. The van der Waals surface area contributed by atoms with E-state index in [2.05, 4.69) is 25.8 Å². The Bertz CT molecular complexity index is 138. The second kappa shape index (κ2) is 4.91. The van der Waals surface area contributed by atoms with E-state index in [1.54, 1.807) is 11.8 Å². The van der Waals surface area contributed by atoms with Crippen molar-refractivity contribution in [2.24, 2.45) is 0 Å². The average Bonchev–Trinajstić information content (AvgIpc) is 1.82. The summed E-state index contributed by atoms with van der Waals surface area (Å²) in [6.07, 6.45) is 0. The molecule has 0 fully saturated rings. The van der Waals surface area contributed by atoms with Crippen molar-refractivity contribution in [3.63, 3.8) is 0 Å². The van der Waals surface area contributed by atoms with Crippen LogP contribution in [0.5, 0.6) is 0 Å². The Kier molecular flexibility index (Phi) is 5.00. The molecule has 0 aliphatic rings. The standard InChI is InChI=1S/C8H14S2/c1-6(2)5-10-8(9)7(3)4/h8-9H,1,3,5H2,2,4H3. The van der Waals surface area contributed by atoms with E-state index in [0.29, 0.717) is 0 Å². The molecule has 0 amide bonds. The summed E-state index contributed by atoms with van der Waals surface area (Å²) in [6, 6.07) is 0. The monoisotopic (exact) mass is 174 g/mol. The van der Waals surface area contributed by atoms with Crippen LogP contribution >= 0.6 is 24.4 Å². The van der Waals surface area contributed by atoms with Gasteiger partial charge >= 0.3 is 0 Å². The minimum Gasteiger partial charge on any atom is -0.160 e. The lowest BCUT2D eigenvalue weighted by molar-refractivity contribution is 1.36. The Balaban J connectivity index is 3.49. The van der Waals surface area contributed by atoms with Crippen LogP contribution in [0.15, 0.2) is 24.3 Å². The maximum Gasteiger partial charge on any atom is 0.0679 e. The lowest BCUT2D eigenvalue weighted by Gasteiger charge is -2.08. The van der Waals surface area contributed by atoms with Gasteiger partial charge in [0.25, 0.3) is 0 Å². The lowest BCUT2D eigenvalue weighted by Crippen LogP contribution is -1.94. The van der Waals surface area contributed by atoms with Crippen molar-refractivity contribution in [2.75, 3.05) is 5.75 Å². The summed E-state index contributed by atoms with van der Waals surface area (Å²) in [5.74, 6) is 0.973. The first-order valence-electron chi connectivity index (χ1n) is 3.13.